The van der Waals surface area contributed by atoms with E-state index in [9.17, 15) is 4.79 Å². The van der Waals surface area contributed by atoms with Gasteiger partial charge in [-0.2, -0.15) is 0 Å². The van der Waals surface area contributed by atoms with Crippen LogP contribution in [-0.4, -0.2) is 16.9 Å². The average Bonchev–Trinajstić information content (AvgIpc) is 2.61. The summed E-state index contributed by atoms with van der Waals surface area (Å²) in [4.78, 5) is 16.2. The molecule has 0 aliphatic rings. The summed E-state index contributed by atoms with van der Waals surface area (Å²) in [6.45, 7) is 6.01. The van der Waals surface area contributed by atoms with Crippen molar-refractivity contribution in [2.75, 3.05) is 0 Å². The minimum atomic E-state index is -0.460. The molecule has 5 heteroatoms. The lowest BCUT2D eigenvalue weighted by atomic mass is 9.98. The zero-order valence-corrected chi connectivity index (χ0v) is 15.2. The summed E-state index contributed by atoms with van der Waals surface area (Å²) >= 11 is 0. The maximum absolute atomic E-state index is 12.2. The Labute approximate surface area is 150 Å². The Morgan fingerprint density at radius 3 is 2.17 bits per heavy atom. The van der Waals surface area contributed by atoms with Crippen molar-refractivity contribution in [1.29, 1.82) is 0 Å². The van der Waals surface area contributed by atoms with Gasteiger partial charge in [0.25, 0.3) is 0 Å². The molecule has 1 aromatic carbocycles. The highest BCUT2D eigenvalue weighted by Crippen LogP contribution is 2.21. The molecule has 1 heterocycles. The molecule has 130 valence electrons. The van der Waals surface area contributed by atoms with E-state index in [0.717, 1.165) is 23.1 Å². The number of aromatic nitrogens is 1. The second kappa shape index (κ2) is 9.40. The highest BCUT2D eigenvalue weighted by Gasteiger charge is 2.21. The molecule has 4 nitrogen and oxygen atoms in total. The van der Waals surface area contributed by atoms with Crippen molar-refractivity contribution >= 4 is 18.3 Å². The maximum atomic E-state index is 12.2. The van der Waals surface area contributed by atoms with Gasteiger partial charge in [-0.05, 0) is 41.7 Å². The smallest absolute Gasteiger partial charge is 0.237 e. The molecular formula is C19H26ClN3O. The van der Waals surface area contributed by atoms with Gasteiger partial charge < -0.3 is 11.1 Å². The van der Waals surface area contributed by atoms with Crippen molar-refractivity contribution in [3.05, 3.63) is 54.4 Å². The molecule has 1 aromatic heterocycles. The lowest BCUT2D eigenvalue weighted by molar-refractivity contribution is -0.124. The lowest BCUT2D eigenvalue weighted by Crippen LogP contribution is -2.45. The van der Waals surface area contributed by atoms with Gasteiger partial charge in [-0.1, -0.05) is 44.5 Å². The fourth-order valence-electron chi connectivity index (χ4n) is 2.41. The number of carbonyl (C=O) groups excluding carboxylic acids is 1. The van der Waals surface area contributed by atoms with E-state index in [1.165, 1.54) is 0 Å². The van der Waals surface area contributed by atoms with Crippen LogP contribution in [0.2, 0.25) is 0 Å². The third kappa shape index (κ3) is 5.05. The molecule has 3 unspecified atom stereocenters. The Kier molecular flexibility index (Phi) is 7.89. The fraction of sp³-hybridized carbons (Fsp3) is 0.368. The highest BCUT2D eigenvalue weighted by atomic mass is 35.5. The van der Waals surface area contributed by atoms with Gasteiger partial charge in [-0.15, -0.1) is 12.4 Å². The Hall–Kier alpha value is -1.91. The number of benzene rings is 1. The number of hydrogen-bond acceptors (Lipinski definition) is 3. The number of amides is 1. The summed E-state index contributed by atoms with van der Waals surface area (Å²) in [5, 5.41) is 3.00. The second-order valence-electron chi connectivity index (χ2n) is 6.00. The van der Waals surface area contributed by atoms with E-state index < -0.39 is 6.04 Å². The normalized spacial score (nSPS) is 14.2. The van der Waals surface area contributed by atoms with Gasteiger partial charge in [0.1, 0.15) is 0 Å². The molecular weight excluding hydrogens is 322 g/mol. The topological polar surface area (TPSA) is 68.0 Å². The molecule has 2 aromatic rings. The molecule has 0 fully saturated rings. The maximum Gasteiger partial charge on any atom is 0.237 e. The molecule has 2 rings (SSSR count). The Balaban J connectivity index is 0.00000288. The standard InChI is InChI=1S/C19H25N3O.ClH/c1-4-13(2)18(20)19(23)22-14(3)15-5-7-16(8-6-15)17-9-11-21-12-10-17;/h5-14,18H,4,20H2,1-3H3,(H,22,23);1H. The van der Waals surface area contributed by atoms with Gasteiger partial charge in [0.2, 0.25) is 5.91 Å². The molecule has 0 saturated heterocycles. The first kappa shape index (κ1) is 20.1. The Morgan fingerprint density at radius 2 is 1.62 bits per heavy atom. The number of rotatable bonds is 6. The number of nitrogens with one attached hydrogen (secondary N) is 1. The first-order valence-electron chi connectivity index (χ1n) is 8.09. The number of nitrogens with two attached hydrogens (primary N) is 1. The van der Waals surface area contributed by atoms with E-state index in [2.05, 4.69) is 22.4 Å². The summed E-state index contributed by atoms with van der Waals surface area (Å²) in [6.07, 6.45) is 4.45. The van der Waals surface area contributed by atoms with E-state index >= 15 is 0 Å². The van der Waals surface area contributed by atoms with Crippen LogP contribution in [0.25, 0.3) is 11.1 Å². The number of hydrogen-bond donors (Lipinski definition) is 2. The molecule has 0 aliphatic carbocycles. The van der Waals surface area contributed by atoms with E-state index in [-0.39, 0.29) is 30.3 Å². The molecule has 0 saturated carbocycles. The zero-order chi connectivity index (χ0) is 16.8. The van der Waals surface area contributed by atoms with Crippen LogP contribution in [0.4, 0.5) is 0 Å². The van der Waals surface area contributed by atoms with Crippen molar-refractivity contribution < 1.29 is 4.79 Å². The summed E-state index contributed by atoms with van der Waals surface area (Å²) in [7, 11) is 0. The molecule has 0 aliphatic heterocycles. The Bertz CT molecular complexity index is 631. The molecule has 3 atom stereocenters. The first-order chi connectivity index (χ1) is 11.0. The quantitative estimate of drug-likeness (QED) is 0.836. The van der Waals surface area contributed by atoms with Crippen LogP contribution < -0.4 is 11.1 Å². The molecule has 24 heavy (non-hydrogen) atoms. The van der Waals surface area contributed by atoms with Gasteiger partial charge in [-0.3, -0.25) is 9.78 Å². The second-order valence-corrected chi connectivity index (χ2v) is 6.00. The molecule has 0 bridgehead atoms. The van der Waals surface area contributed by atoms with Crippen molar-refractivity contribution in [3.63, 3.8) is 0 Å². The van der Waals surface area contributed by atoms with Crippen LogP contribution in [0.1, 0.15) is 38.8 Å². The summed E-state index contributed by atoms with van der Waals surface area (Å²) in [5.41, 5.74) is 9.30. The van der Waals surface area contributed by atoms with E-state index in [4.69, 9.17) is 5.73 Å². The van der Waals surface area contributed by atoms with Crippen LogP contribution in [0.5, 0.6) is 0 Å². The van der Waals surface area contributed by atoms with E-state index in [0.29, 0.717) is 0 Å². The van der Waals surface area contributed by atoms with Crippen LogP contribution in [0.3, 0.4) is 0 Å². The van der Waals surface area contributed by atoms with Gasteiger partial charge in [0.05, 0.1) is 12.1 Å². The fourth-order valence-corrected chi connectivity index (χ4v) is 2.41. The first-order valence-corrected chi connectivity index (χ1v) is 8.09. The summed E-state index contributed by atoms with van der Waals surface area (Å²) in [6, 6.07) is 11.6. The zero-order valence-electron chi connectivity index (χ0n) is 14.4. The van der Waals surface area contributed by atoms with Gasteiger partial charge >= 0.3 is 0 Å². The van der Waals surface area contributed by atoms with Crippen molar-refractivity contribution in [2.24, 2.45) is 11.7 Å². The number of halogens is 1. The third-order valence-corrected chi connectivity index (χ3v) is 4.34. The molecule has 1 amide bonds. The van der Waals surface area contributed by atoms with Crippen LogP contribution in [0, 0.1) is 5.92 Å². The number of nitrogens with zero attached hydrogens (tertiary/aromatic N) is 1. The Morgan fingerprint density at radius 1 is 1.08 bits per heavy atom. The predicted octanol–water partition coefficient (Wildman–Crippen LogP) is 3.72. The molecule has 0 radical (unpaired) electrons. The van der Waals surface area contributed by atoms with Gasteiger partial charge in [-0.25, -0.2) is 0 Å². The minimum Gasteiger partial charge on any atom is -0.348 e. The summed E-state index contributed by atoms with van der Waals surface area (Å²) in [5.74, 6) is 0.0846. The van der Waals surface area contributed by atoms with Gasteiger partial charge in [0, 0.05) is 12.4 Å². The van der Waals surface area contributed by atoms with E-state index in [1.54, 1.807) is 12.4 Å². The third-order valence-electron chi connectivity index (χ3n) is 4.34. The van der Waals surface area contributed by atoms with Gasteiger partial charge in [0.15, 0.2) is 0 Å². The largest absolute Gasteiger partial charge is 0.348 e. The number of pyridine rings is 1. The van der Waals surface area contributed by atoms with Crippen molar-refractivity contribution in [3.8, 4) is 11.1 Å². The van der Waals surface area contributed by atoms with Crippen molar-refractivity contribution in [1.82, 2.24) is 10.3 Å². The van der Waals surface area contributed by atoms with Crippen LogP contribution in [-0.2, 0) is 4.79 Å². The lowest BCUT2D eigenvalue weighted by Gasteiger charge is -2.21. The van der Waals surface area contributed by atoms with Crippen LogP contribution >= 0.6 is 12.4 Å². The number of carbonyl (C=O) groups is 1. The van der Waals surface area contributed by atoms with Crippen molar-refractivity contribution in [2.45, 2.75) is 39.3 Å². The monoisotopic (exact) mass is 347 g/mol. The highest BCUT2D eigenvalue weighted by molar-refractivity contribution is 5.85. The average molecular weight is 348 g/mol. The molecule has 3 N–H and O–H groups in total. The minimum absolute atomic E-state index is 0. The predicted molar refractivity (Wildman–Crippen MR) is 101 cm³/mol. The van der Waals surface area contributed by atoms with E-state index in [1.807, 2.05) is 45.0 Å². The van der Waals surface area contributed by atoms with Crippen LogP contribution in [0.15, 0.2) is 48.8 Å². The molecule has 0 spiro atoms. The SMILES string of the molecule is CCC(C)C(N)C(=O)NC(C)c1ccc(-c2ccncc2)cc1.Cl. The summed E-state index contributed by atoms with van der Waals surface area (Å²) < 4.78 is 0.